The van der Waals surface area contributed by atoms with Gasteiger partial charge in [-0.1, -0.05) is 0 Å². The highest BCUT2D eigenvalue weighted by atomic mass is 16.6. The van der Waals surface area contributed by atoms with Crippen molar-refractivity contribution in [2.75, 3.05) is 0 Å². The maximum absolute atomic E-state index is 12.6. The van der Waals surface area contributed by atoms with Crippen molar-refractivity contribution in [3.63, 3.8) is 0 Å². The molecule has 0 radical (unpaired) electrons. The van der Waals surface area contributed by atoms with Gasteiger partial charge < -0.3 is 61.6 Å². The number of esters is 10. The minimum absolute atomic E-state index is 0.245. The third-order valence-electron chi connectivity index (χ3n) is 7.17. The highest BCUT2D eigenvalue weighted by Crippen LogP contribution is 2.53. The lowest BCUT2D eigenvalue weighted by atomic mass is 10.2. The molecule has 0 aliphatic carbocycles. The molecule has 0 aromatic heterocycles. The van der Waals surface area contributed by atoms with Crippen LogP contribution in [0.4, 0.5) is 0 Å². The monoisotopic (exact) mass is 934 g/mol. The Hall–Kier alpha value is -9.02. The minimum Gasteiger partial charge on any atom is -0.449 e. The number of ether oxygens (including phenoxy) is 13. The molecule has 0 spiro atoms. The van der Waals surface area contributed by atoms with E-state index in [0.29, 0.717) is 0 Å². The van der Waals surface area contributed by atoms with Gasteiger partial charge in [-0.25, -0.2) is 0 Å². The second-order valence-electron chi connectivity index (χ2n) is 13.2. The number of hydrogen-bond donors (Lipinski definition) is 0. The van der Waals surface area contributed by atoms with Crippen LogP contribution in [0.1, 0.15) is 69.2 Å². The van der Waals surface area contributed by atoms with Crippen molar-refractivity contribution in [1.29, 1.82) is 0 Å². The Bertz CT molecular complexity index is 2600. The molecule has 23 heteroatoms. The van der Waals surface area contributed by atoms with Gasteiger partial charge in [-0.15, -0.1) is 0 Å². The van der Waals surface area contributed by atoms with Gasteiger partial charge in [0.2, 0.25) is 23.0 Å². The van der Waals surface area contributed by atoms with E-state index in [1.807, 2.05) is 0 Å². The number of rotatable bonds is 16. The maximum atomic E-state index is 12.6. The highest BCUT2D eigenvalue weighted by Gasteiger charge is 2.29. The number of carbonyl (C=O) groups excluding carboxylic acids is 10. The zero-order valence-corrected chi connectivity index (χ0v) is 37.0. The van der Waals surface area contributed by atoms with Crippen LogP contribution < -0.4 is 61.6 Å². The molecule has 0 heterocycles. The molecule has 0 aliphatic heterocycles. The number of benzene rings is 4. The summed E-state index contributed by atoms with van der Waals surface area (Å²) in [5, 5.41) is 0. The van der Waals surface area contributed by atoms with E-state index < -0.39 is 140 Å². The summed E-state index contributed by atoms with van der Waals surface area (Å²) in [5.74, 6) is -17.1. The van der Waals surface area contributed by atoms with Gasteiger partial charge >= 0.3 is 59.7 Å². The van der Waals surface area contributed by atoms with Gasteiger partial charge in [0.15, 0.2) is 46.0 Å². The molecule has 4 aromatic carbocycles. The second-order valence-corrected chi connectivity index (χ2v) is 13.2. The van der Waals surface area contributed by atoms with Crippen molar-refractivity contribution in [2.24, 2.45) is 0 Å². The fourth-order valence-electron chi connectivity index (χ4n) is 5.36. The van der Waals surface area contributed by atoms with Crippen LogP contribution >= 0.6 is 0 Å². The Morgan fingerprint density at radius 1 is 0.224 bits per heavy atom. The molecule has 0 amide bonds. The molecular formula is C44H38O23. The lowest BCUT2D eigenvalue weighted by Crippen LogP contribution is -2.11. The lowest BCUT2D eigenvalue weighted by Gasteiger charge is -2.21. The maximum Gasteiger partial charge on any atom is 0.308 e. The molecule has 0 atom stereocenters. The van der Waals surface area contributed by atoms with Crippen LogP contribution in [0.3, 0.4) is 0 Å². The first-order valence-electron chi connectivity index (χ1n) is 19.0. The first-order chi connectivity index (χ1) is 31.4. The van der Waals surface area contributed by atoms with Crippen molar-refractivity contribution < 1.29 is 110 Å². The van der Waals surface area contributed by atoms with Gasteiger partial charge in [-0.2, -0.15) is 0 Å². The van der Waals surface area contributed by atoms with Crippen LogP contribution in [0.25, 0.3) is 0 Å². The fraction of sp³-hybridized carbons (Fsp3) is 0.227. The van der Waals surface area contributed by atoms with Crippen LogP contribution in [0.15, 0.2) is 48.5 Å². The van der Waals surface area contributed by atoms with E-state index in [0.717, 1.165) is 118 Å². The highest BCUT2D eigenvalue weighted by molar-refractivity contribution is 5.81. The first kappa shape index (κ1) is 50.6. The summed E-state index contributed by atoms with van der Waals surface area (Å²) in [6.07, 6.45) is 0. The summed E-state index contributed by atoms with van der Waals surface area (Å²) in [4.78, 5) is 122. The van der Waals surface area contributed by atoms with Crippen molar-refractivity contribution in [3.8, 4) is 92.0 Å². The fourth-order valence-corrected chi connectivity index (χ4v) is 5.36. The predicted molar refractivity (Wildman–Crippen MR) is 219 cm³/mol. The van der Waals surface area contributed by atoms with Gasteiger partial charge in [-0.05, 0) is 0 Å². The smallest absolute Gasteiger partial charge is 0.308 e. The van der Waals surface area contributed by atoms with E-state index in [1.165, 1.54) is 0 Å². The molecule has 0 fully saturated rings. The summed E-state index contributed by atoms with van der Waals surface area (Å²) < 4.78 is 71.2. The summed E-state index contributed by atoms with van der Waals surface area (Å²) in [6, 6.07) is 8.12. The molecule has 0 unspecified atom stereocenters. The first-order valence-corrected chi connectivity index (χ1v) is 19.0. The Labute approximate surface area is 378 Å². The molecule has 0 saturated heterocycles. The Morgan fingerprint density at radius 2 is 0.418 bits per heavy atom. The van der Waals surface area contributed by atoms with E-state index >= 15 is 0 Å². The van der Waals surface area contributed by atoms with E-state index in [4.69, 9.17) is 61.6 Å². The van der Waals surface area contributed by atoms with Crippen molar-refractivity contribution >= 4 is 59.7 Å². The average molecular weight is 935 g/mol. The van der Waals surface area contributed by atoms with E-state index in [2.05, 4.69) is 0 Å². The molecule has 4 aromatic rings. The summed E-state index contributed by atoms with van der Waals surface area (Å²) in [5.41, 5.74) is 0. The molecule has 67 heavy (non-hydrogen) atoms. The quantitative estimate of drug-likeness (QED) is 0.0877. The summed E-state index contributed by atoms with van der Waals surface area (Å²) in [6.45, 7) is 10.1. The number of carbonyl (C=O) groups is 10. The molecule has 0 N–H and O–H groups in total. The van der Waals surface area contributed by atoms with E-state index in [-0.39, 0.29) is 11.5 Å². The van der Waals surface area contributed by atoms with E-state index in [1.54, 1.807) is 0 Å². The molecule has 0 saturated carbocycles. The summed E-state index contributed by atoms with van der Waals surface area (Å²) in [7, 11) is 0. The Morgan fingerprint density at radius 3 is 0.672 bits per heavy atom. The molecule has 352 valence electrons. The van der Waals surface area contributed by atoms with Gasteiger partial charge in [0.25, 0.3) is 0 Å². The van der Waals surface area contributed by atoms with Crippen LogP contribution in [0.2, 0.25) is 0 Å². The molecule has 0 bridgehead atoms. The number of hydrogen-bond acceptors (Lipinski definition) is 23. The van der Waals surface area contributed by atoms with Crippen LogP contribution in [-0.4, -0.2) is 59.7 Å². The van der Waals surface area contributed by atoms with E-state index in [9.17, 15) is 47.9 Å². The largest absolute Gasteiger partial charge is 0.449 e. The standard InChI is InChI=1S/C44H38O23/c1-19(45)55-29-11-35(59-23(5)49)42(36(12-29)60-24(6)50)65-32-17-38(62-26(8)52)44(39(18-32)63-27(9)53)67-40-14-30(56-20(2)46)13-37(61-25(7)51)43(40)66-31-15-33(57-21(3)47)41(64-28(10)54)34(16-31)58-22(4)48/h11-18H,1-10H3. The average Bonchev–Trinajstić information content (AvgIpc) is 3.14. The normalized spacial score (nSPS) is 10.2. The molecule has 4 rings (SSSR count). The van der Waals surface area contributed by atoms with Crippen molar-refractivity contribution in [2.45, 2.75) is 69.2 Å². The van der Waals surface area contributed by atoms with Crippen LogP contribution in [-0.2, 0) is 47.9 Å². The van der Waals surface area contributed by atoms with Crippen molar-refractivity contribution in [1.82, 2.24) is 0 Å². The topological polar surface area (TPSA) is 291 Å². The molecule has 0 aliphatic rings. The zero-order chi connectivity index (χ0) is 49.9. The van der Waals surface area contributed by atoms with Gasteiger partial charge in [0, 0.05) is 118 Å². The van der Waals surface area contributed by atoms with Crippen LogP contribution in [0, 0.1) is 0 Å². The third-order valence-corrected chi connectivity index (χ3v) is 7.17. The predicted octanol–water partition coefficient (Wildman–Crippen LogP) is 6.32. The zero-order valence-electron chi connectivity index (χ0n) is 37.0. The summed E-state index contributed by atoms with van der Waals surface area (Å²) >= 11 is 0. The Balaban J connectivity index is 2.07. The van der Waals surface area contributed by atoms with Crippen LogP contribution in [0.5, 0.6) is 92.0 Å². The second kappa shape index (κ2) is 22.1. The lowest BCUT2D eigenvalue weighted by molar-refractivity contribution is -0.135. The van der Waals surface area contributed by atoms with Gasteiger partial charge in [0.1, 0.15) is 23.0 Å². The third kappa shape index (κ3) is 15.0. The molecular weight excluding hydrogens is 896 g/mol. The van der Waals surface area contributed by atoms with Gasteiger partial charge in [0.05, 0.1) is 0 Å². The van der Waals surface area contributed by atoms with Crippen molar-refractivity contribution in [3.05, 3.63) is 48.5 Å². The Kier molecular flexibility index (Phi) is 16.7. The van der Waals surface area contributed by atoms with Gasteiger partial charge in [-0.3, -0.25) is 47.9 Å². The molecule has 23 nitrogen and oxygen atoms in total. The SMILES string of the molecule is CC(=O)Oc1cc(OC(C)=O)c(Oc2cc(OC(C)=O)c(Oc3cc(OC(C)=O)cc(OC(C)=O)c3Oc3cc(OC(C)=O)c(OC(C)=O)c(OC(C)=O)c3)c(OC(C)=O)c2)c(OC(C)=O)c1. The minimum atomic E-state index is -1.00.